The third-order valence-corrected chi connectivity index (χ3v) is 4.53. The second kappa shape index (κ2) is 6.62. The molecule has 1 atom stereocenters. The van der Waals surface area contributed by atoms with Crippen molar-refractivity contribution in [3.05, 3.63) is 63.9 Å². The first-order chi connectivity index (χ1) is 9.08. The second-order valence-corrected chi connectivity index (χ2v) is 5.90. The molecule has 19 heavy (non-hydrogen) atoms. The maximum Gasteiger partial charge on any atom is 0.136 e. The van der Waals surface area contributed by atoms with Crippen LogP contribution in [0.3, 0.4) is 0 Å². The molecular formula is C14H12Cl2FNS. The first kappa shape index (κ1) is 14.7. The van der Waals surface area contributed by atoms with E-state index in [2.05, 4.69) is 0 Å². The quantitative estimate of drug-likeness (QED) is 0.810. The normalized spacial score (nSPS) is 12.4. The minimum absolute atomic E-state index is 0.223. The summed E-state index contributed by atoms with van der Waals surface area (Å²) in [5.74, 6) is 0.340. The van der Waals surface area contributed by atoms with Crippen molar-refractivity contribution in [3.63, 3.8) is 0 Å². The van der Waals surface area contributed by atoms with Gasteiger partial charge in [-0.15, -0.1) is 11.8 Å². The number of halogens is 3. The Labute approximate surface area is 125 Å². The van der Waals surface area contributed by atoms with Crippen LogP contribution >= 0.6 is 35.0 Å². The molecule has 0 amide bonds. The van der Waals surface area contributed by atoms with Crippen molar-refractivity contribution in [1.82, 2.24) is 0 Å². The van der Waals surface area contributed by atoms with E-state index < -0.39 is 0 Å². The van der Waals surface area contributed by atoms with E-state index in [9.17, 15) is 4.39 Å². The molecule has 1 unspecified atom stereocenters. The van der Waals surface area contributed by atoms with Crippen LogP contribution in [-0.2, 0) is 0 Å². The lowest BCUT2D eigenvalue weighted by Gasteiger charge is -2.12. The molecule has 0 aliphatic rings. The fourth-order valence-corrected chi connectivity index (χ4v) is 2.82. The SMILES string of the molecule is NC(CSc1ccccc1F)c1ccc(Cl)c(Cl)c1. The summed E-state index contributed by atoms with van der Waals surface area (Å²) < 4.78 is 13.5. The van der Waals surface area contributed by atoms with Crippen molar-refractivity contribution in [1.29, 1.82) is 0 Å². The van der Waals surface area contributed by atoms with Crippen LogP contribution in [0.2, 0.25) is 10.0 Å². The van der Waals surface area contributed by atoms with Crippen LogP contribution in [0.15, 0.2) is 47.4 Å². The molecular weight excluding hydrogens is 304 g/mol. The van der Waals surface area contributed by atoms with Crippen LogP contribution < -0.4 is 5.73 Å². The highest BCUT2D eigenvalue weighted by Gasteiger charge is 2.10. The van der Waals surface area contributed by atoms with Crippen LogP contribution in [0.4, 0.5) is 4.39 Å². The predicted octanol–water partition coefficient (Wildman–Crippen LogP) is 4.92. The molecule has 100 valence electrons. The van der Waals surface area contributed by atoms with Gasteiger partial charge in [0.1, 0.15) is 5.82 Å². The lowest BCUT2D eigenvalue weighted by atomic mass is 10.1. The molecule has 0 heterocycles. The number of thioether (sulfide) groups is 1. The number of benzene rings is 2. The van der Waals surface area contributed by atoms with Gasteiger partial charge in [-0.3, -0.25) is 0 Å². The summed E-state index contributed by atoms with van der Waals surface area (Å²) >= 11 is 13.2. The van der Waals surface area contributed by atoms with Crippen molar-refractivity contribution in [3.8, 4) is 0 Å². The van der Waals surface area contributed by atoms with E-state index in [1.165, 1.54) is 17.8 Å². The van der Waals surface area contributed by atoms with Crippen molar-refractivity contribution in [2.24, 2.45) is 5.73 Å². The first-order valence-corrected chi connectivity index (χ1v) is 7.40. The molecule has 2 aromatic carbocycles. The lowest BCUT2D eigenvalue weighted by Crippen LogP contribution is -2.13. The van der Waals surface area contributed by atoms with E-state index >= 15 is 0 Å². The van der Waals surface area contributed by atoms with Gasteiger partial charge in [-0.1, -0.05) is 41.4 Å². The van der Waals surface area contributed by atoms with Gasteiger partial charge in [-0.25, -0.2) is 4.39 Å². The van der Waals surface area contributed by atoms with Gasteiger partial charge in [0.25, 0.3) is 0 Å². The van der Waals surface area contributed by atoms with Gasteiger partial charge in [0, 0.05) is 16.7 Å². The predicted molar refractivity (Wildman–Crippen MR) is 80.5 cm³/mol. The van der Waals surface area contributed by atoms with E-state index in [-0.39, 0.29) is 11.9 Å². The van der Waals surface area contributed by atoms with Gasteiger partial charge in [0.2, 0.25) is 0 Å². The fraction of sp³-hybridized carbons (Fsp3) is 0.143. The molecule has 0 radical (unpaired) electrons. The molecule has 0 saturated heterocycles. The average Bonchev–Trinajstić information content (AvgIpc) is 2.40. The van der Waals surface area contributed by atoms with Gasteiger partial charge in [-0.05, 0) is 29.8 Å². The van der Waals surface area contributed by atoms with Crippen LogP contribution in [-0.4, -0.2) is 5.75 Å². The topological polar surface area (TPSA) is 26.0 Å². The monoisotopic (exact) mass is 315 g/mol. The second-order valence-electron chi connectivity index (χ2n) is 4.02. The number of rotatable bonds is 4. The Kier molecular flexibility index (Phi) is 5.11. The molecule has 2 aromatic rings. The highest BCUT2D eigenvalue weighted by Crippen LogP contribution is 2.29. The van der Waals surface area contributed by atoms with E-state index in [1.54, 1.807) is 30.3 Å². The van der Waals surface area contributed by atoms with Gasteiger partial charge < -0.3 is 5.73 Å². The third kappa shape index (κ3) is 3.86. The Morgan fingerprint density at radius 1 is 1.11 bits per heavy atom. The molecule has 0 spiro atoms. The zero-order valence-corrected chi connectivity index (χ0v) is 12.3. The van der Waals surface area contributed by atoms with Crippen LogP contribution in [0, 0.1) is 5.82 Å². The van der Waals surface area contributed by atoms with Crippen molar-refractivity contribution in [2.45, 2.75) is 10.9 Å². The molecule has 0 aliphatic heterocycles. The molecule has 0 aromatic heterocycles. The average molecular weight is 316 g/mol. The van der Waals surface area contributed by atoms with Crippen LogP contribution in [0.1, 0.15) is 11.6 Å². The summed E-state index contributed by atoms with van der Waals surface area (Å²) in [5.41, 5.74) is 6.95. The minimum atomic E-state index is -0.228. The summed E-state index contributed by atoms with van der Waals surface area (Å²) in [4.78, 5) is 0.595. The van der Waals surface area contributed by atoms with Gasteiger partial charge >= 0.3 is 0 Å². The molecule has 0 saturated carbocycles. The van der Waals surface area contributed by atoms with E-state index in [0.717, 1.165) is 5.56 Å². The molecule has 0 aliphatic carbocycles. The number of nitrogens with two attached hydrogens (primary N) is 1. The summed E-state index contributed by atoms with van der Waals surface area (Å²) in [7, 11) is 0. The Hall–Kier alpha value is -0.740. The summed E-state index contributed by atoms with van der Waals surface area (Å²) in [5, 5.41) is 0.977. The largest absolute Gasteiger partial charge is 0.323 e. The molecule has 0 fully saturated rings. The van der Waals surface area contributed by atoms with E-state index in [4.69, 9.17) is 28.9 Å². The smallest absolute Gasteiger partial charge is 0.136 e. The molecule has 5 heteroatoms. The Morgan fingerprint density at radius 2 is 1.84 bits per heavy atom. The first-order valence-electron chi connectivity index (χ1n) is 5.66. The minimum Gasteiger partial charge on any atom is -0.323 e. The summed E-state index contributed by atoms with van der Waals surface area (Å²) in [6, 6.07) is 11.7. The maximum absolute atomic E-state index is 13.5. The lowest BCUT2D eigenvalue weighted by molar-refractivity contribution is 0.602. The molecule has 1 nitrogen and oxygen atoms in total. The van der Waals surface area contributed by atoms with Crippen LogP contribution in [0.5, 0.6) is 0 Å². The van der Waals surface area contributed by atoms with Crippen molar-refractivity contribution >= 4 is 35.0 Å². The fourth-order valence-electron chi connectivity index (χ4n) is 1.58. The van der Waals surface area contributed by atoms with Crippen molar-refractivity contribution in [2.75, 3.05) is 5.75 Å². The Balaban J connectivity index is 2.03. The van der Waals surface area contributed by atoms with Gasteiger partial charge in [-0.2, -0.15) is 0 Å². The molecule has 2 rings (SSSR count). The highest BCUT2D eigenvalue weighted by molar-refractivity contribution is 7.99. The van der Waals surface area contributed by atoms with Gasteiger partial charge in [0.15, 0.2) is 0 Å². The Bertz CT molecular complexity index is 577. The number of hydrogen-bond acceptors (Lipinski definition) is 2. The molecule has 0 bridgehead atoms. The summed E-state index contributed by atoms with van der Waals surface area (Å²) in [6.45, 7) is 0. The molecule has 2 N–H and O–H groups in total. The standard InChI is InChI=1S/C14H12Cl2FNS/c15-10-6-5-9(7-11(10)16)13(18)8-19-14-4-2-1-3-12(14)17/h1-7,13H,8,18H2. The Morgan fingerprint density at radius 3 is 2.53 bits per heavy atom. The highest BCUT2D eigenvalue weighted by atomic mass is 35.5. The van der Waals surface area contributed by atoms with Crippen molar-refractivity contribution < 1.29 is 4.39 Å². The number of hydrogen-bond donors (Lipinski definition) is 1. The van der Waals surface area contributed by atoms with E-state index in [1.807, 2.05) is 6.07 Å². The zero-order chi connectivity index (χ0) is 13.8. The third-order valence-electron chi connectivity index (χ3n) is 2.63. The van der Waals surface area contributed by atoms with E-state index in [0.29, 0.717) is 20.7 Å². The maximum atomic E-state index is 13.5. The zero-order valence-electron chi connectivity index (χ0n) is 9.95. The van der Waals surface area contributed by atoms with Crippen LogP contribution in [0.25, 0.3) is 0 Å². The van der Waals surface area contributed by atoms with Gasteiger partial charge in [0.05, 0.1) is 10.0 Å². The summed E-state index contributed by atoms with van der Waals surface area (Å²) in [6.07, 6.45) is 0.